The van der Waals surface area contributed by atoms with Crippen LogP contribution in [0.15, 0.2) is 17.1 Å². The molecule has 21 heavy (non-hydrogen) atoms. The largest absolute Gasteiger partial charge is 0.393 e. The monoisotopic (exact) mass is 288 g/mol. The van der Waals surface area contributed by atoms with Crippen LogP contribution in [0.4, 0.5) is 5.95 Å². The fourth-order valence-electron chi connectivity index (χ4n) is 2.88. The number of nitrogens with zero attached hydrogens (tertiary/aromatic N) is 3. The second kappa shape index (κ2) is 5.44. The SMILES string of the molecule is Cc1cc2cnc(N[C@H]3CC[C@H](O)CC3)nc2n(C)c1=O. The molecule has 1 aliphatic carbocycles. The Bertz CT molecular complexity index is 717. The predicted molar refractivity (Wildman–Crippen MR) is 81.4 cm³/mol. The van der Waals surface area contributed by atoms with E-state index in [0.717, 1.165) is 31.1 Å². The maximum absolute atomic E-state index is 12.0. The normalized spacial score (nSPS) is 22.4. The van der Waals surface area contributed by atoms with Crippen LogP contribution in [0.5, 0.6) is 0 Å². The van der Waals surface area contributed by atoms with E-state index in [1.165, 1.54) is 0 Å². The number of pyridine rings is 1. The standard InChI is InChI=1S/C15H20N4O2/c1-9-7-10-8-16-15(18-13(10)19(2)14(9)21)17-11-3-5-12(20)6-4-11/h7-8,11-12,20H,3-6H2,1-2H3,(H,16,17,18)/t11-,12-. The van der Waals surface area contributed by atoms with Gasteiger partial charge in [-0.05, 0) is 38.7 Å². The summed E-state index contributed by atoms with van der Waals surface area (Å²) in [6.07, 6.45) is 5.01. The maximum atomic E-state index is 12.0. The van der Waals surface area contributed by atoms with Crippen LogP contribution >= 0.6 is 0 Å². The Kier molecular flexibility index (Phi) is 3.63. The average Bonchev–Trinajstić information content (AvgIpc) is 2.48. The first-order chi connectivity index (χ1) is 10.0. The fraction of sp³-hybridized carbons (Fsp3) is 0.533. The van der Waals surface area contributed by atoms with Gasteiger partial charge in [-0.25, -0.2) is 4.98 Å². The molecule has 2 aromatic heterocycles. The number of aryl methyl sites for hydroxylation is 2. The number of rotatable bonds is 2. The summed E-state index contributed by atoms with van der Waals surface area (Å²) >= 11 is 0. The van der Waals surface area contributed by atoms with Gasteiger partial charge in [-0.2, -0.15) is 4.98 Å². The third-order valence-corrected chi connectivity index (χ3v) is 4.16. The lowest BCUT2D eigenvalue weighted by atomic mass is 9.93. The minimum absolute atomic E-state index is 0.0343. The molecule has 0 bridgehead atoms. The van der Waals surface area contributed by atoms with Crippen molar-refractivity contribution in [2.45, 2.75) is 44.8 Å². The Labute approximate surface area is 122 Å². The summed E-state index contributed by atoms with van der Waals surface area (Å²) in [5.74, 6) is 0.544. The Morgan fingerprint density at radius 3 is 2.76 bits per heavy atom. The molecule has 6 nitrogen and oxygen atoms in total. The molecule has 6 heteroatoms. The van der Waals surface area contributed by atoms with Crippen LogP contribution in [-0.4, -0.2) is 31.8 Å². The number of aromatic nitrogens is 3. The van der Waals surface area contributed by atoms with Crippen LogP contribution in [0.3, 0.4) is 0 Å². The zero-order valence-electron chi connectivity index (χ0n) is 12.3. The van der Waals surface area contributed by atoms with Gasteiger partial charge in [0.2, 0.25) is 5.95 Å². The zero-order valence-corrected chi connectivity index (χ0v) is 12.3. The molecule has 0 radical (unpaired) electrons. The van der Waals surface area contributed by atoms with Gasteiger partial charge in [0.05, 0.1) is 6.10 Å². The molecule has 0 aromatic carbocycles. The van der Waals surface area contributed by atoms with Crippen molar-refractivity contribution in [1.82, 2.24) is 14.5 Å². The molecule has 0 amide bonds. The van der Waals surface area contributed by atoms with Gasteiger partial charge in [0.15, 0.2) is 0 Å². The lowest BCUT2D eigenvalue weighted by Gasteiger charge is -2.26. The van der Waals surface area contributed by atoms with Gasteiger partial charge in [-0.3, -0.25) is 9.36 Å². The fourth-order valence-corrected chi connectivity index (χ4v) is 2.88. The Hall–Kier alpha value is -1.95. The van der Waals surface area contributed by atoms with Gasteiger partial charge in [-0.1, -0.05) is 0 Å². The molecule has 0 saturated heterocycles. The molecule has 1 saturated carbocycles. The predicted octanol–water partition coefficient (Wildman–Crippen LogP) is 1.35. The van der Waals surface area contributed by atoms with Gasteiger partial charge in [0.25, 0.3) is 5.56 Å². The second-order valence-corrected chi connectivity index (χ2v) is 5.81. The van der Waals surface area contributed by atoms with E-state index in [0.29, 0.717) is 17.2 Å². The van der Waals surface area contributed by atoms with Crippen molar-refractivity contribution in [2.24, 2.45) is 7.05 Å². The number of fused-ring (bicyclic) bond motifs is 1. The van der Waals surface area contributed by atoms with Crippen molar-refractivity contribution < 1.29 is 5.11 Å². The number of hydrogen-bond acceptors (Lipinski definition) is 5. The highest BCUT2D eigenvalue weighted by molar-refractivity contribution is 5.75. The molecule has 2 aromatic rings. The highest BCUT2D eigenvalue weighted by atomic mass is 16.3. The second-order valence-electron chi connectivity index (χ2n) is 5.81. The third kappa shape index (κ3) is 2.76. The Morgan fingerprint density at radius 1 is 1.33 bits per heavy atom. The number of aliphatic hydroxyl groups excluding tert-OH is 1. The maximum Gasteiger partial charge on any atom is 0.254 e. The van der Waals surface area contributed by atoms with Crippen LogP contribution in [0.1, 0.15) is 31.2 Å². The van der Waals surface area contributed by atoms with Gasteiger partial charge >= 0.3 is 0 Å². The van der Waals surface area contributed by atoms with Gasteiger partial charge in [-0.15, -0.1) is 0 Å². The molecule has 0 spiro atoms. The van der Waals surface area contributed by atoms with Crippen LogP contribution in [0.25, 0.3) is 11.0 Å². The molecule has 0 aliphatic heterocycles. The molecule has 0 unspecified atom stereocenters. The number of hydrogen-bond donors (Lipinski definition) is 2. The highest BCUT2D eigenvalue weighted by Gasteiger charge is 2.20. The molecular weight excluding hydrogens is 268 g/mol. The summed E-state index contributed by atoms with van der Waals surface area (Å²) in [6, 6.07) is 2.10. The average molecular weight is 288 g/mol. The number of anilines is 1. The minimum atomic E-state index is -0.177. The molecule has 112 valence electrons. The van der Waals surface area contributed by atoms with Crippen molar-refractivity contribution >= 4 is 17.0 Å². The molecule has 1 aliphatic rings. The molecule has 2 heterocycles. The van der Waals surface area contributed by atoms with E-state index in [9.17, 15) is 9.90 Å². The molecule has 1 fully saturated rings. The quantitative estimate of drug-likeness (QED) is 0.872. The van der Waals surface area contributed by atoms with E-state index < -0.39 is 0 Å². The lowest BCUT2D eigenvalue weighted by Crippen LogP contribution is -2.29. The summed E-state index contributed by atoms with van der Waals surface area (Å²) in [7, 11) is 1.73. The van der Waals surface area contributed by atoms with Crippen LogP contribution in [0, 0.1) is 6.92 Å². The van der Waals surface area contributed by atoms with E-state index >= 15 is 0 Å². The van der Waals surface area contributed by atoms with E-state index in [1.54, 1.807) is 24.7 Å². The molecule has 3 rings (SSSR count). The third-order valence-electron chi connectivity index (χ3n) is 4.16. The first kappa shape index (κ1) is 14.0. The molecular formula is C15H20N4O2. The van der Waals surface area contributed by atoms with Gasteiger partial charge in [0, 0.05) is 30.2 Å². The van der Waals surface area contributed by atoms with Crippen LogP contribution in [0.2, 0.25) is 0 Å². The Balaban J connectivity index is 1.89. The minimum Gasteiger partial charge on any atom is -0.393 e. The van der Waals surface area contributed by atoms with Crippen molar-refractivity contribution in [1.29, 1.82) is 0 Å². The number of aliphatic hydroxyl groups is 1. The first-order valence-electron chi connectivity index (χ1n) is 7.32. The summed E-state index contributed by atoms with van der Waals surface area (Å²) in [5, 5.41) is 13.7. The first-order valence-corrected chi connectivity index (χ1v) is 7.32. The topological polar surface area (TPSA) is 80.0 Å². The van der Waals surface area contributed by atoms with Gasteiger partial charge in [0.1, 0.15) is 5.65 Å². The van der Waals surface area contributed by atoms with Crippen LogP contribution in [-0.2, 0) is 7.05 Å². The summed E-state index contributed by atoms with van der Waals surface area (Å²) in [5.41, 5.74) is 1.29. The summed E-state index contributed by atoms with van der Waals surface area (Å²) in [6.45, 7) is 1.79. The van der Waals surface area contributed by atoms with Crippen molar-refractivity contribution in [2.75, 3.05) is 5.32 Å². The van der Waals surface area contributed by atoms with E-state index in [2.05, 4.69) is 15.3 Å². The number of nitrogens with one attached hydrogen (secondary N) is 1. The van der Waals surface area contributed by atoms with E-state index in [1.807, 2.05) is 6.07 Å². The summed E-state index contributed by atoms with van der Waals surface area (Å²) in [4.78, 5) is 20.8. The highest BCUT2D eigenvalue weighted by Crippen LogP contribution is 2.21. The smallest absolute Gasteiger partial charge is 0.254 e. The van der Waals surface area contributed by atoms with Crippen molar-refractivity contribution in [3.05, 3.63) is 28.2 Å². The van der Waals surface area contributed by atoms with Gasteiger partial charge < -0.3 is 10.4 Å². The molecule has 2 N–H and O–H groups in total. The lowest BCUT2D eigenvalue weighted by molar-refractivity contribution is 0.126. The molecule has 0 atom stereocenters. The van der Waals surface area contributed by atoms with Crippen molar-refractivity contribution in [3.8, 4) is 0 Å². The zero-order chi connectivity index (χ0) is 15.0. The van der Waals surface area contributed by atoms with E-state index in [-0.39, 0.29) is 17.7 Å². The van der Waals surface area contributed by atoms with E-state index in [4.69, 9.17) is 0 Å². The van der Waals surface area contributed by atoms with Crippen molar-refractivity contribution in [3.63, 3.8) is 0 Å². The Morgan fingerprint density at radius 2 is 2.05 bits per heavy atom. The summed E-state index contributed by atoms with van der Waals surface area (Å²) < 4.78 is 1.56. The van der Waals surface area contributed by atoms with Crippen LogP contribution < -0.4 is 10.9 Å².